The van der Waals surface area contributed by atoms with E-state index in [0.29, 0.717) is 12.2 Å². The molecule has 1 unspecified atom stereocenters. The molecule has 0 amide bonds. The van der Waals surface area contributed by atoms with Crippen molar-refractivity contribution in [1.29, 1.82) is 0 Å². The second kappa shape index (κ2) is 5.58. The molecule has 1 aliphatic carbocycles. The Morgan fingerprint density at radius 1 is 1.19 bits per heavy atom. The van der Waals surface area contributed by atoms with Gasteiger partial charge in [-0.25, -0.2) is 0 Å². The van der Waals surface area contributed by atoms with Gasteiger partial charge in [-0.2, -0.15) is 13.2 Å². The highest BCUT2D eigenvalue weighted by atomic mass is 19.4. The zero-order chi connectivity index (χ0) is 15.7. The lowest BCUT2D eigenvalue weighted by Gasteiger charge is -2.38. The van der Waals surface area contributed by atoms with Crippen molar-refractivity contribution in [3.63, 3.8) is 0 Å². The predicted octanol–water partition coefficient (Wildman–Crippen LogP) is 5.04. The largest absolute Gasteiger partial charge is 0.496 e. The number of para-hydroxylation sites is 1. The number of ether oxygens (including phenoxy) is 1. The lowest BCUT2D eigenvalue weighted by Crippen LogP contribution is -2.32. The third-order valence-corrected chi connectivity index (χ3v) is 4.19. The summed E-state index contributed by atoms with van der Waals surface area (Å²) in [7, 11) is 1.58. The van der Waals surface area contributed by atoms with Crippen LogP contribution in [0.25, 0.3) is 0 Å². The summed E-state index contributed by atoms with van der Waals surface area (Å²) in [6, 6.07) is 7.52. The number of halogens is 3. The quantitative estimate of drug-likeness (QED) is 0.759. The summed E-state index contributed by atoms with van der Waals surface area (Å²) in [5.41, 5.74) is -0.119. The van der Waals surface area contributed by atoms with Crippen molar-refractivity contribution in [3.8, 4) is 5.75 Å². The molecular formula is C17H19F3O. The molecule has 1 nitrogen and oxygen atoms in total. The molecule has 1 aliphatic rings. The number of allylic oxidation sites excluding steroid dienone is 4. The average molecular weight is 296 g/mol. The van der Waals surface area contributed by atoms with E-state index in [0.717, 1.165) is 5.56 Å². The summed E-state index contributed by atoms with van der Waals surface area (Å²) in [5, 5.41) is 0. The summed E-state index contributed by atoms with van der Waals surface area (Å²) in [4.78, 5) is 0. The number of hydrogen-bond donors (Lipinski definition) is 0. The number of rotatable bonds is 3. The lowest BCUT2D eigenvalue weighted by atomic mass is 9.67. The Bertz CT molecular complexity index is 570. The summed E-state index contributed by atoms with van der Waals surface area (Å²) in [6.07, 6.45) is 0.178. The molecule has 2 rings (SSSR count). The Hall–Kier alpha value is -1.71. The average Bonchev–Trinajstić information content (AvgIpc) is 2.46. The minimum absolute atomic E-state index is 0.149. The molecule has 0 N–H and O–H groups in total. The molecule has 1 aromatic carbocycles. The number of hydrogen-bond acceptors (Lipinski definition) is 1. The molecule has 4 heteroatoms. The molecule has 0 aromatic heterocycles. The Morgan fingerprint density at radius 2 is 1.86 bits per heavy atom. The molecule has 0 spiro atoms. The number of alkyl halides is 3. The zero-order valence-corrected chi connectivity index (χ0v) is 12.4. The lowest BCUT2D eigenvalue weighted by molar-refractivity contribution is -0.0888. The summed E-state index contributed by atoms with van der Waals surface area (Å²) in [6.45, 7) is 4.03. The topological polar surface area (TPSA) is 9.23 Å². The first kappa shape index (κ1) is 15.7. The van der Waals surface area contributed by atoms with Gasteiger partial charge in [0.2, 0.25) is 0 Å². The van der Waals surface area contributed by atoms with Gasteiger partial charge in [-0.15, -0.1) is 0 Å². The fourth-order valence-electron chi connectivity index (χ4n) is 2.83. The van der Waals surface area contributed by atoms with Gasteiger partial charge in [0.05, 0.1) is 12.7 Å². The first-order valence-electron chi connectivity index (χ1n) is 6.91. The summed E-state index contributed by atoms with van der Waals surface area (Å²) >= 11 is 0. The number of methoxy groups -OCH3 is 1. The van der Waals surface area contributed by atoms with Crippen LogP contribution in [0.3, 0.4) is 0 Å². The molecule has 1 atom stereocenters. The van der Waals surface area contributed by atoms with Gasteiger partial charge in [-0.05, 0) is 18.4 Å². The van der Waals surface area contributed by atoms with E-state index in [1.165, 1.54) is 12.2 Å². The standard InChI is InChI=1S/C17H19F3O/c1-12(2)16(14-6-4-5-7-15(14)21-3)10-8-13(9-11-16)17(18,19)20/h4-10,12H,11H2,1-3H3. The van der Waals surface area contributed by atoms with Gasteiger partial charge in [-0.3, -0.25) is 0 Å². The molecule has 0 heterocycles. The molecule has 0 aliphatic heterocycles. The molecule has 21 heavy (non-hydrogen) atoms. The Labute approximate surface area is 123 Å². The van der Waals surface area contributed by atoms with Gasteiger partial charge in [0.15, 0.2) is 0 Å². The number of benzene rings is 1. The van der Waals surface area contributed by atoms with Crippen LogP contribution in [0.2, 0.25) is 0 Å². The Morgan fingerprint density at radius 3 is 2.33 bits per heavy atom. The van der Waals surface area contributed by atoms with Crippen molar-refractivity contribution >= 4 is 0 Å². The minimum Gasteiger partial charge on any atom is -0.496 e. The Kier molecular flexibility index (Phi) is 4.17. The normalized spacial score (nSPS) is 22.3. The highest BCUT2D eigenvalue weighted by Crippen LogP contribution is 2.46. The van der Waals surface area contributed by atoms with Crippen LogP contribution in [0.5, 0.6) is 5.75 Å². The second-order valence-corrected chi connectivity index (χ2v) is 5.59. The maximum absolute atomic E-state index is 12.8. The van der Waals surface area contributed by atoms with Crippen LogP contribution in [-0.4, -0.2) is 13.3 Å². The van der Waals surface area contributed by atoms with Crippen LogP contribution in [0.15, 0.2) is 48.1 Å². The maximum atomic E-state index is 12.8. The van der Waals surface area contributed by atoms with Gasteiger partial charge in [0.1, 0.15) is 5.75 Å². The monoisotopic (exact) mass is 296 g/mol. The van der Waals surface area contributed by atoms with Gasteiger partial charge in [0.25, 0.3) is 0 Å². The maximum Gasteiger partial charge on any atom is 0.416 e. The van der Waals surface area contributed by atoms with Crippen LogP contribution < -0.4 is 4.74 Å². The summed E-state index contributed by atoms with van der Waals surface area (Å²) in [5.74, 6) is 0.857. The van der Waals surface area contributed by atoms with Crippen molar-refractivity contribution in [2.24, 2.45) is 5.92 Å². The van der Waals surface area contributed by atoms with E-state index in [1.54, 1.807) is 13.2 Å². The van der Waals surface area contributed by atoms with Crippen LogP contribution in [0, 0.1) is 5.92 Å². The van der Waals surface area contributed by atoms with Crippen LogP contribution in [0.4, 0.5) is 13.2 Å². The Balaban J connectivity index is 2.47. The zero-order valence-electron chi connectivity index (χ0n) is 12.4. The van der Waals surface area contributed by atoms with Crippen molar-refractivity contribution < 1.29 is 17.9 Å². The molecule has 0 fully saturated rings. The molecule has 0 radical (unpaired) electrons. The third-order valence-electron chi connectivity index (χ3n) is 4.19. The highest BCUT2D eigenvalue weighted by Gasteiger charge is 2.40. The van der Waals surface area contributed by atoms with Crippen LogP contribution >= 0.6 is 0 Å². The third kappa shape index (κ3) is 2.85. The van der Waals surface area contributed by atoms with Crippen molar-refractivity contribution in [2.45, 2.75) is 31.9 Å². The fourth-order valence-corrected chi connectivity index (χ4v) is 2.83. The highest BCUT2D eigenvalue weighted by molar-refractivity contribution is 5.47. The molecule has 0 saturated heterocycles. The predicted molar refractivity (Wildman–Crippen MR) is 77.4 cm³/mol. The molecule has 0 bridgehead atoms. The fraction of sp³-hybridized carbons (Fsp3) is 0.412. The van der Waals surface area contributed by atoms with E-state index in [1.807, 2.05) is 38.1 Å². The molecule has 114 valence electrons. The second-order valence-electron chi connectivity index (χ2n) is 5.59. The van der Waals surface area contributed by atoms with Gasteiger partial charge in [-0.1, -0.05) is 50.3 Å². The SMILES string of the molecule is COc1ccccc1C1(C(C)C)C=CC(C(F)(F)F)=CC1. The van der Waals surface area contributed by atoms with E-state index in [9.17, 15) is 13.2 Å². The summed E-state index contributed by atoms with van der Waals surface area (Å²) < 4.78 is 43.8. The first-order chi connectivity index (χ1) is 9.81. The van der Waals surface area contributed by atoms with E-state index in [2.05, 4.69) is 0 Å². The van der Waals surface area contributed by atoms with Crippen molar-refractivity contribution in [1.82, 2.24) is 0 Å². The van der Waals surface area contributed by atoms with E-state index < -0.39 is 17.2 Å². The minimum atomic E-state index is -4.29. The van der Waals surface area contributed by atoms with E-state index >= 15 is 0 Å². The van der Waals surface area contributed by atoms with Crippen LogP contribution in [-0.2, 0) is 5.41 Å². The van der Waals surface area contributed by atoms with E-state index in [4.69, 9.17) is 4.74 Å². The van der Waals surface area contributed by atoms with Gasteiger partial charge < -0.3 is 4.74 Å². The van der Waals surface area contributed by atoms with Gasteiger partial charge in [0, 0.05) is 11.0 Å². The van der Waals surface area contributed by atoms with Gasteiger partial charge >= 0.3 is 6.18 Å². The van der Waals surface area contributed by atoms with Crippen molar-refractivity contribution in [2.75, 3.05) is 7.11 Å². The molecule has 1 aromatic rings. The van der Waals surface area contributed by atoms with Crippen molar-refractivity contribution in [3.05, 3.63) is 53.6 Å². The van der Waals surface area contributed by atoms with E-state index in [-0.39, 0.29) is 5.92 Å². The molecule has 0 saturated carbocycles. The molecular weight excluding hydrogens is 277 g/mol. The van der Waals surface area contributed by atoms with Crippen LogP contribution in [0.1, 0.15) is 25.8 Å². The smallest absolute Gasteiger partial charge is 0.416 e. The first-order valence-corrected chi connectivity index (χ1v) is 6.91.